The molecule has 0 aromatic carbocycles. The zero-order valence-corrected chi connectivity index (χ0v) is 10.3. The monoisotopic (exact) mass is 219 g/mol. The molecule has 2 N–H and O–H groups in total. The van der Waals surface area contributed by atoms with E-state index in [1.807, 2.05) is 0 Å². The van der Waals surface area contributed by atoms with E-state index < -0.39 is 0 Å². The van der Waals surface area contributed by atoms with E-state index in [0.29, 0.717) is 5.41 Å². The van der Waals surface area contributed by atoms with Crippen LogP contribution in [0.5, 0.6) is 0 Å². The van der Waals surface area contributed by atoms with Crippen LogP contribution in [0, 0.1) is 23.2 Å². The predicted molar refractivity (Wildman–Crippen MR) is 68.0 cm³/mol. The molecular formula is C15H25N. The van der Waals surface area contributed by atoms with Gasteiger partial charge >= 0.3 is 0 Å². The van der Waals surface area contributed by atoms with Gasteiger partial charge in [0.1, 0.15) is 0 Å². The molecule has 4 aliphatic rings. The molecular weight excluding hydrogens is 194 g/mol. The molecule has 0 aromatic rings. The first-order valence-corrected chi connectivity index (χ1v) is 7.17. The predicted octanol–water partition coefficient (Wildman–Crippen LogP) is 3.50. The summed E-state index contributed by atoms with van der Waals surface area (Å²) in [6.45, 7) is 0.839. The zero-order valence-electron chi connectivity index (χ0n) is 10.3. The van der Waals surface area contributed by atoms with Gasteiger partial charge in [0, 0.05) is 0 Å². The second-order valence-corrected chi connectivity index (χ2v) is 6.61. The standard InChI is InChI=1S/C15H25N/c16-5-3-1-2-4-15-9-12-6-13(10-15)8-14(7-12)11-15/h2,4,12-14H,1,3,5-11,16H2/b4-2+. The lowest BCUT2D eigenvalue weighted by molar-refractivity contribution is -0.0238. The van der Waals surface area contributed by atoms with Crippen LogP contribution in [0.1, 0.15) is 51.4 Å². The van der Waals surface area contributed by atoms with E-state index in [9.17, 15) is 0 Å². The number of allylic oxidation sites excluding steroid dienone is 2. The summed E-state index contributed by atoms with van der Waals surface area (Å²) in [5.41, 5.74) is 6.17. The van der Waals surface area contributed by atoms with Crippen molar-refractivity contribution in [1.29, 1.82) is 0 Å². The van der Waals surface area contributed by atoms with E-state index in [0.717, 1.165) is 30.7 Å². The van der Waals surface area contributed by atoms with Crippen molar-refractivity contribution in [3.63, 3.8) is 0 Å². The summed E-state index contributed by atoms with van der Waals surface area (Å²) in [6, 6.07) is 0. The zero-order chi connectivity index (χ0) is 11.0. The van der Waals surface area contributed by atoms with Crippen molar-refractivity contribution in [2.24, 2.45) is 28.9 Å². The Morgan fingerprint density at radius 1 is 1.00 bits per heavy atom. The molecule has 0 unspecified atom stereocenters. The Labute approximate surface area is 99.5 Å². The van der Waals surface area contributed by atoms with Crippen molar-refractivity contribution in [1.82, 2.24) is 0 Å². The minimum Gasteiger partial charge on any atom is -0.330 e. The van der Waals surface area contributed by atoms with E-state index in [-0.39, 0.29) is 0 Å². The fourth-order valence-electron chi connectivity index (χ4n) is 4.95. The Morgan fingerprint density at radius 3 is 2.06 bits per heavy atom. The molecule has 0 atom stereocenters. The smallest absolute Gasteiger partial charge is 0.00743 e. The number of nitrogens with two attached hydrogens (primary N) is 1. The molecule has 0 heterocycles. The van der Waals surface area contributed by atoms with Gasteiger partial charge in [-0.05, 0) is 81.1 Å². The summed E-state index contributed by atoms with van der Waals surface area (Å²) in [6.07, 6.45) is 16.5. The van der Waals surface area contributed by atoms with Crippen LogP contribution in [-0.2, 0) is 0 Å². The molecule has 16 heavy (non-hydrogen) atoms. The third kappa shape index (κ3) is 1.95. The molecule has 1 heteroatoms. The summed E-state index contributed by atoms with van der Waals surface area (Å²) in [4.78, 5) is 0. The number of hydrogen-bond donors (Lipinski definition) is 1. The van der Waals surface area contributed by atoms with Crippen molar-refractivity contribution in [3.05, 3.63) is 12.2 Å². The Kier molecular flexibility index (Phi) is 2.83. The maximum atomic E-state index is 5.54. The molecule has 4 saturated carbocycles. The maximum Gasteiger partial charge on any atom is -0.00743 e. The lowest BCUT2D eigenvalue weighted by Gasteiger charge is -2.56. The summed E-state index contributed by atoms with van der Waals surface area (Å²) in [7, 11) is 0. The molecule has 0 aromatic heterocycles. The van der Waals surface area contributed by atoms with E-state index >= 15 is 0 Å². The maximum absolute atomic E-state index is 5.54. The van der Waals surface area contributed by atoms with Crippen molar-refractivity contribution < 1.29 is 0 Å². The number of hydrogen-bond acceptors (Lipinski definition) is 1. The molecule has 4 fully saturated rings. The molecule has 0 spiro atoms. The highest BCUT2D eigenvalue weighted by Crippen LogP contribution is 2.60. The van der Waals surface area contributed by atoms with Crippen molar-refractivity contribution in [2.45, 2.75) is 51.4 Å². The number of unbranched alkanes of at least 4 members (excludes halogenated alkanes) is 1. The van der Waals surface area contributed by atoms with Gasteiger partial charge in [-0.25, -0.2) is 0 Å². The van der Waals surface area contributed by atoms with Crippen molar-refractivity contribution >= 4 is 0 Å². The molecule has 0 aliphatic heterocycles. The normalized spacial score (nSPS) is 45.7. The molecule has 4 bridgehead atoms. The molecule has 90 valence electrons. The second kappa shape index (κ2) is 4.18. The van der Waals surface area contributed by atoms with Crippen molar-refractivity contribution in [2.75, 3.05) is 6.54 Å². The highest BCUT2D eigenvalue weighted by Gasteiger charge is 2.49. The van der Waals surface area contributed by atoms with Gasteiger partial charge < -0.3 is 5.73 Å². The van der Waals surface area contributed by atoms with Crippen LogP contribution in [0.3, 0.4) is 0 Å². The quantitative estimate of drug-likeness (QED) is 0.568. The van der Waals surface area contributed by atoms with Crippen LogP contribution in [-0.4, -0.2) is 6.54 Å². The second-order valence-electron chi connectivity index (χ2n) is 6.61. The van der Waals surface area contributed by atoms with E-state index in [2.05, 4.69) is 12.2 Å². The minimum absolute atomic E-state index is 0.628. The summed E-state index contributed by atoms with van der Waals surface area (Å²) in [5, 5.41) is 0. The number of rotatable bonds is 4. The summed E-state index contributed by atoms with van der Waals surface area (Å²) in [5.74, 6) is 3.22. The van der Waals surface area contributed by atoms with Crippen molar-refractivity contribution in [3.8, 4) is 0 Å². The highest BCUT2D eigenvalue weighted by atomic mass is 14.5. The molecule has 4 rings (SSSR count). The Balaban J connectivity index is 1.66. The van der Waals surface area contributed by atoms with Crippen LogP contribution in [0.2, 0.25) is 0 Å². The van der Waals surface area contributed by atoms with E-state index in [4.69, 9.17) is 5.73 Å². The highest BCUT2D eigenvalue weighted by molar-refractivity contribution is 5.10. The van der Waals surface area contributed by atoms with E-state index in [1.54, 1.807) is 19.3 Å². The molecule has 0 saturated heterocycles. The molecule has 0 amide bonds. The van der Waals surface area contributed by atoms with Crippen LogP contribution in [0.25, 0.3) is 0 Å². The summed E-state index contributed by atoms with van der Waals surface area (Å²) >= 11 is 0. The SMILES string of the molecule is NCCC/C=C/C12CC3CC(CC(C3)C1)C2. The van der Waals surface area contributed by atoms with Crippen LogP contribution < -0.4 is 5.73 Å². The first-order valence-electron chi connectivity index (χ1n) is 7.17. The fraction of sp³-hybridized carbons (Fsp3) is 0.867. The first kappa shape index (κ1) is 10.8. The third-order valence-electron chi connectivity index (χ3n) is 5.13. The largest absolute Gasteiger partial charge is 0.330 e. The van der Waals surface area contributed by atoms with Gasteiger partial charge in [-0.3, -0.25) is 0 Å². The Bertz CT molecular complexity index is 244. The van der Waals surface area contributed by atoms with Gasteiger partial charge in [0.2, 0.25) is 0 Å². The average molecular weight is 219 g/mol. The van der Waals surface area contributed by atoms with Gasteiger partial charge in [-0.15, -0.1) is 0 Å². The van der Waals surface area contributed by atoms with Crippen LogP contribution in [0.15, 0.2) is 12.2 Å². The Hall–Kier alpha value is -0.300. The first-order chi connectivity index (χ1) is 7.80. The lowest BCUT2D eigenvalue weighted by Crippen LogP contribution is -2.44. The molecule has 1 nitrogen and oxygen atoms in total. The molecule has 0 radical (unpaired) electrons. The van der Waals surface area contributed by atoms with Gasteiger partial charge in [-0.2, -0.15) is 0 Å². The summed E-state index contributed by atoms with van der Waals surface area (Å²) < 4.78 is 0. The van der Waals surface area contributed by atoms with Gasteiger partial charge in [0.25, 0.3) is 0 Å². The van der Waals surface area contributed by atoms with E-state index in [1.165, 1.54) is 25.7 Å². The third-order valence-corrected chi connectivity index (χ3v) is 5.13. The minimum atomic E-state index is 0.628. The van der Waals surface area contributed by atoms with Crippen LogP contribution >= 0.6 is 0 Å². The van der Waals surface area contributed by atoms with Crippen LogP contribution in [0.4, 0.5) is 0 Å². The fourth-order valence-corrected chi connectivity index (χ4v) is 4.95. The van der Waals surface area contributed by atoms with Gasteiger partial charge in [0.05, 0.1) is 0 Å². The lowest BCUT2D eigenvalue weighted by atomic mass is 9.49. The molecule has 4 aliphatic carbocycles. The van der Waals surface area contributed by atoms with Gasteiger partial charge in [0.15, 0.2) is 0 Å². The topological polar surface area (TPSA) is 26.0 Å². The Morgan fingerprint density at radius 2 is 1.56 bits per heavy atom. The average Bonchev–Trinajstić information content (AvgIpc) is 2.22. The van der Waals surface area contributed by atoms with Gasteiger partial charge in [-0.1, -0.05) is 12.2 Å².